The Morgan fingerprint density at radius 2 is 1.69 bits per heavy atom. The van der Waals surface area contributed by atoms with E-state index in [1.54, 1.807) is 0 Å². The number of unbranched alkanes of at least 4 members (excludes halogenated alkanes) is 3. The summed E-state index contributed by atoms with van der Waals surface area (Å²) in [6.45, 7) is 2.43. The summed E-state index contributed by atoms with van der Waals surface area (Å²) in [4.78, 5) is 10.6. The number of carbonyl (C=O) groups is 1. The van der Waals surface area contributed by atoms with Gasteiger partial charge in [-0.3, -0.25) is 0 Å². The highest BCUT2D eigenvalue weighted by atomic mass is 16.7. The SMILES string of the molecule is CC=CCCCCC=CCCOC(=O)OC. The van der Waals surface area contributed by atoms with Crippen LogP contribution < -0.4 is 0 Å². The average Bonchev–Trinajstić information content (AvgIpc) is 2.31. The summed E-state index contributed by atoms with van der Waals surface area (Å²) in [5.74, 6) is 0. The van der Waals surface area contributed by atoms with Crippen LogP contribution in [0.5, 0.6) is 0 Å². The van der Waals surface area contributed by atoms with Crippen LogP contribution in [0, 0.1) is 0 Å². The van der Waals surface area contributed by atoms with Crippen LogP contribution >= 0.6 is 0 Å². The molecule has 0 rings (SSSR count). The summed E-state index contributed by atoms with van der Waals surface area (Å²) in [6, 6.07) is 0. The van der Waals surface area contributed by atoms with Crippen molar-refractivity contribution < 1.29 is 14.3 Å². The van der Waals surface area contributed by atoms with Crippen LogP contribution in [0.3, 0.4) is 0 Å². The second kappa shape index (κ2) is 11.8. The lowest BCUT2D eigenvalue weighted by molar-refractivity contribution is 0.0741. The first-order chi connectivity index (χ1) is 7.81. The first kappa shape index (κ1) is 14.8. The fourth-order valence-electron chi connectivity index (χ4n) is 1.20. The Labute approximate surface area is 98.1 Å². The molecule has 3 heteroatoms. The molecule has 0 radical (unpaired) electrons. The van der Waals surface area contributed by atoms with Crippen molar-refractivity contribution in [3.05, 3.63) is 24.3 Å². The molecule has 92 valence electrons. The standard InChI is InChI=1S/C13H22O3/c1-3-4-5-6-7-8-9-10-11-12-16-13(14)15-2/h3-4,9-10H,5-8,11-12H2,1-2H3. The number of methoxy groups -OCH3 is 1. The highest BCUT2D eigenvalue weighted by Crippen LogP contribution is 2.02. The average molecular weight is 226 g/mol. The van der Waals surface area contributed by atoms with Crippen molar-refractivity contribution in [2.75, 3.05) is 13.7 Å². The zero-order chi connectivity index (χ0) is 12.1. The van der Waals surface area contributed by atoms with Gasteiger partial charge in [-0.15, -0.1) is 0 Å². The molecule has 0 aromatic rings. The number of rotatable bonds is 8. The van der Waals surface area contributed by atoms with Crippen molar-refractivity contribution >= 4 is 6.16 Å². The van der Waals surface area contributed by atoms with Crippen LogP contribution in [-0.2, 0) is 9.47 Å². The Kier molecular flexibility index (Phi) is 10.9. The van der Waals surface area contributed by atoms with E-state index < -0.39 is 6.16 Å². The predicted molar refractivity (Wildman–Crippen MR) is 65.4 cm³/mol. The summed E-state index contributed by atoms with van der Waals surface area (Å²) < 4.78 is 9.07. The first-order valence-electron chi connectivity index (χ1n) is 5.78. The van der Waals surface area contributed by atoms with Crippen molar-refractivity contribution in [3.8, 4) is 0 Å². The molecule has 0 atom stereocenters. The lowest BCUT2D eigenvalue weighted by atomic mass is 10.2. The Morgan fingerprint density at radius 3 is 2.31 bits per heavy atom. The van der Waals surface area contributed by atoms with Gasteiger partial charge in [-0.2, -0.15) is 0 Å². The molecular formula is C13H22O3. The zero-order valence-corrected chi connectivity index (χ0v) is 10.3. The molecule has 0 aliphatic carbocycles. The van der Waals surface area contributed by atoms with E-state index in [9.17, 15) is 4.79 Å². The predicted octanol–water partition coefficient (Wildman–Crippen LogP) is 3.85. The van der Waals surface area contributed by atoms with Crippen LogP contribution in [0.1, 0.15) is 39.0 Å². The molecule has 0 fully saturated rings. The largest absolute Gasteiger partial charge is 0.507 e. The molecule has 0 unspecified atom stereocenters. The van der Waals surface area contributed by atoms with E-state index in [2.05, 4.69) is 23.0 Å². The van der Waals surface area contributed by atoms with Crippen molar-refractivity contribution in [1.29, 1.82) is 0 Å². The number of hydrogen-bond acceptors (Lipinski definition) is 3. The number of carbonyl (C=O) groups excluding carboxylic acids is 1. The van der Waals surface area contributed by atoms with Crippen LogP contribution in [0.15, 0.2) is 24.3 Å². The molecule has 0 spiro atoms. The molecule has 0 aromatic heterocycles. The molecule has 0 N–H and O–H groups in total. The van der Waals surface area contributed by atoms with Crippen LogP contribution in [0.25, 0.3) is 0 Å². The van der Waals surface area contributed by atoms with Crippen LogP contribution in [0.2, 0.25) is 0 Å². The Hall–Kier alpha value is -1.25. The van der Waals surface area contributed by atoms with Gasteiger partial charge in [0.15, 0.2) is 0 Å². The maximum Gasteiger partial charge on any atom is 0.507 e. The number of hydrogen-bond donors (Lipinski definition) is 0. The van der Waals surface area contributed by atoms with Gasteiger partial charge in [0.25, 0.3) is 0 Å². The third-order valence-electron chi connectivity index (χ3n) is 2.07. The van der Waals surface area contributed by atoms with Crippen molar-refractivity contribution in [1.82, 2.24) is 0 Å². The fraction of sp³-hybridized carbons (Fsp3) is 0.615. The lowest BCUT2D eigenvalue weighted by Gasteiger charge is -1.99. The summed E-state index contributed by atoms with van der Waals surface area (Å²) in [6.07, 6.45) is 13.3. The zero-order valence-electron chi connectivity index (χ0n) is 10.3. The van der Waals surface area contributed by atoms with Gasteiger partial charge >= 0.3 is 6.16 Å². The van der Waals surface area contributed by atoms with Gasteiger partial charge < -0.3 is 9.47 Å². The summed E-state index contributed by atoms with van der Waals surface area (Å²) in [5, 5.41) is 0. The number of allylic oxidation sites excluding steroid dienone is 3. The molecule has 0 bridgehead atoms. The van der Waals surface area contributed by atoms with E-state index in [4.69, 9.17) is 4.74 Å². The van der Waals surface area contributed by atoms with Crippen molar-refractivity contribution in [2.45, 2.75) is 39.0 Å². The highest BCUT2D eigenvalue weighted by Gasteiger charge is 1.96. The lowest BCUT2D eigenvalue weighted by Crippen LogP contribution is -2.04. The summed E-state index contributed by atoms with van der Waals surface area (Å²) in [7, 11) is 1.31. The molecule has 3 nitrogen and oxygen atoms in total. The number of ether oxygens (including phenoxy) is 2. The van der Waals surface area contributed by atoms with E-state index in [-0.39, 0.29) is 0 Å². The molecule has 0 heterocycles. The Balaban J connectivity index is 3.19. The van der Waals surface area contributed by atoms with E-state index in [0.29, 0.717) is 6.61 Å². The second-order valence-electron chi connectivity index (χ2n) is 3.42. The smallest absolute Gasteiger partial charge is 0.438 e. The summed E-state index contributed by atoms with van der Waals surface area (Å²) >= 11 is 0. The highest BCUT2D eigenvalue weighted by molar-refractivity contribution is 5.59. The van der Waals surface area contributed by atoms with Gasteiger partial charge in [0.1, 0.15) is 0 Å². The summed E-state index contributed by atoms with van der Waals surface area (Å²) in [5.41, 5.74) is 0. The Bertz CT molecular complexity index is 219. The molecule has 0 saturated carbocycles. The van der Waals surface area contributed by atoms with Gasteiger partial charge in [0.2, 0.25) is 0 Å². The fourth-order valence-corrected chi connectivity index (χ4v) is 1.20. The van der Waals surface area contributed by atoms with E-state index in [1.807, 2.05) is 13.0 Å². The van der Waals surface area contributed by atoms with Gasteiger partial charge in [-0.1, -0.05) is 24.3 Å². The molecule has 0 aliphatic rings. The topological polar surface area (TPSA) is 35.5 Å². The minimum Gasteiger partial charge on any atom is -0.438 e. The van der Waals surface area contributed by atoms with E-state index >= 15 is 0 Å². The normalized spacial score (nSPS) is 11.1. The van der Waals surface area contributed by atoms with Crippen molar-refractivity contribution in [3.63, 3.8) is 0 Å². The van der Waals surface area contributed by atoms with E-state index in [0.717, 1.165) is 19.3 Å². The molecule has 16 heavy (non-hydrogen) atoms. The van der Waals surface area contributed by atoms with E-state index in [1.165, 1.54) is 20.0 Å². The first-order valence-corrected chi connectivity index (χ1v) is 5.78. The quantitative estimate of drug-likeness (QED) is 0.358. The van der Waals surface area contributed by atoms with Gasteiger partial charge in [0, 0.05) is 0 Å². The minimum absolute atomic E-state index is 0.391. The van der Waals surface area contributed by atoms with Crippen LogP contribution in [-0.4, -0.2) is 19.9 Å². The Morgan fingerprint density at radius 1 is 1.06 bits per heavy atom. The van der Waals surface area contributed by atoms with Gasteiger partial charge in [0.05, 0.1) is 13.7 Å². The maximum absolute atomic E-state index is 10.6. The molecule has 0 aliphatic heterocycles. The third kappa shape index (κ3) is 10.8. The maximum atomic E-state index is 10.6. The molecule has 0 saturated heterocycles. The minimum atomic E-state index is -0.611. The third-order valence-corrected chi connectivity index (χ3v) is 2.07. The molecule has 0 amide bonds. The van der Waals surface area contributed by atoms with Crippen LogP contribution in [0.4, 0.5) is 4.79 Å². The molecular weight excluding hydrogens is 204 g/mol. The molecule has 0 aromatic carbocycles. The van der Waals surface area contributed by atoms with Gasteiger partial charge in [-0.05, 0) is 39.0 Å². The monoisotopic (exact) mass is 226 g/mol. The van der Waals surface area contributed by atoms with Gasteiger partial charge in [-0.25, -0.2) is 4.79 Å². The second-order valence-corrected chi connectivity index (χ2v) is 3.42. The van der Waals surface area contributed by atoms with Crippen molar-refractivity contribution in [2.24, 2.45) is 0 Å².